The lowest BCUT2D eigenvalue weighted by atomic mass is 10.1. The molecule has 3 heteroatoms. The summed E-state index contributed by atoms with van der Waals surface area (Å²) in [5.74, 6) is 0. The van der Waals surface area contributed by atoms with E-state index >= 15 is 0 Å². The molecule has 84 valence electrons. The van der Waals surface area contributed by atoms with Gasteiger partial charge in [0, 0.05) is 26.2 Å². The van der Waals surface area contributed by atoms with E-state index in [0.29, 0.717) is 0 Å². The van der Waals surface area contributed by atoms with E-state index in [-0.39, 0.29) is 0 Å². The second kappa shape index (κ2) is 7.21. The number of rotatable bonds is 6. The first-order chi connectivity index (χ1) is 6.83. The molecule has 0 aromatic rings. The highest BCUT2D eigenvalue weighted by molar-refractivity contribution is 4.66. The molecule has 0 aliphatic carbocycles. The zero-order valence-electron chi connectivity index (χ0n) is 9.76. The summed E-state index contributed by atoms with van der Waals surface area (Å²) in [6.07, 6.45) is 4.24. The summed E-state index contributed by atoms with van der Waals surface area (Å²) >= 11 is 0. The van der Waals surface area contributed by atoms with Gasteiger partial charge in [-0.2, -0.15) is 0 Å². The zero-order valence-corrected chi connectivity index (χ0v) is 9.76. The molecule has 0 aromatic heterocycles. The molecule has 0 aromatic carbocycles. The van der Waals surface area contributed by atoms with Crippen LogP contribution in [-0.2, 0) is 0 Å². The highest BCUT2D eigenvalue weighted by Gasteiger charge is 2.09. The summed E-state index contributed by atoms with van der Waals surface area (Å²) in [6, 6.07) is 0. The standard InChI is InChI=1S/C11H25N3/c1-12-6-9-13(2)10-11-14-7-4-3-5-8-14/h12H,3-11H2,1-2H3. The van der Waals surface area contributed by atoms with Gasteiger partial charge >= 0.3 is 0 Å². The van der Waals surface area contributed by atoms with Crippen molar-refractivity contribution in [1.82, 2.24) is 15.1 Å². The Kier molecular flexibility index (Phi) is 6.15. The number of hydrogen-bond donors (Lipinski definition) is 1. The first kappa shape index (κ1) is 12.0. The second-order valence-electron chi connectivity index (χ2n) is 4.31. The molecule has 1 N–H and O–H groups in total. The molecule has 1 heterocycles. The number of nitrogens with zero attached hydrogens (tertiary/aromatic N) is 2. The SMILES string of the molecule is CNCCN(C)CCN1CCCCC1. The van der Waals surface area contributed by atoms with Gasteiger partial charge in [-0.3, -0.25) is 0 Å². The van der Waals surface area contributed by atoms with Crippen molar-refractivity contribution in [2.75, 3.05) is 53.4 Å². The Hall–Kier alpha value is -0.120. The van der Waals surface area contributed by atoms with Crippen molar-refractivity contribution >= 4 is 0 Å². The fourth-order valence-electron chi connectivity index (χ4n) is 1.91. The first-order valence-electron chi connectivity index (χ1n) is 5.88. The van der Waals surface area contributed by atoms with Crippen LogP contribution >= 0.6 is 0 Å². The lowest BCUT2D eigenvalue weighted by molar-refractivity contribution is 0.197. The molecule has 0 amide bonds. The van der Waals surface area contributed by atoms with E-state index in [9.17, 15) is 0 Å². The van der Waals surface area contributed by atoms with Crippen LogP contribution in [0.15, 0.2) is 0 Å². The molecule has 0 bridgehead atoms. The lowest BCUT2D eigenvalue weighted by Crippen LogP contribution is -2.38. The molecule has 14 heavy (non-hydrogen) atoms. The molecule has 0 unspecified atom stereocenters. The molecule has 0 radical (unpaired) electrons. The summed E-state index contributed by atoms with van der Waals surface area (Å²) < 4.78 is 0. The van der Waals surface area contributed by atoms with Gasteiger partial charge in [0.1, 0.15) is 0 Å². The first-order valence-corrected chi connectivity index (χ1v) is 5.88. The fourth-order valence-corrected chi connectivity index (χ4v) is 1.91. The van der Waals surface area contributed by atoms with E-state index in [1.54, 1.807) is 0 Å². The number of piperidine rings is 1. The third kappa shape index (κ3) is 4.94. The summed E-state index contributed by atoms with van der Waals surface area (Å²) in [6.45, 7) is 7.35. The van der Waals surface area contributed by atoms with Crippen LogP contribution in [0.25, 0.3) is 0 Å². The van der Waals surface area contributed by atoms with Gasteiger partial charge in [-0.15, -0.1) is 0 Å². The van der Waals surface area contributed by atoms with Crippen molar-refractivity contribution in [3.05, 3.63) is 0 Å². The van der Waals surface area contributed by atoms with Crippen LogP contribution < -0.4 is 5.32 Å². The van der Waals surface area contributed by atoms with Crippen LogP contribution in [0.5, 0.6) is 0 Å². The van der Waals surface area contributed by atoms with Crippen LogP contribution in [0.3, 0.4) is 0 Å². The molecule has 0 spiro atoms. The van der Waals surface area contributed by atoms with Crippen molar-refractivity contribution in [3.8, 4) is 0 Å². The van der Waals surface area contributed by atoms with Gasteiger partial charge in [-0.05, 0) is 40.0 Å². The largest absolute Gasteiger partial charge is 0.318 e. The highest BCUT2D eigenvalue weighted by atomic mass is 15.2. The summed E-state index contributed by atoms with van der Waals surface area (Å²) in [5, 5.41) is 3.18. The van der Waals surface area contributed by atoms with E-state index in [1.807, 2.05) is 7.05 Å². The summed E-state index contributed by atoms with van der Waals surface area (Å²) in [5.41, 5.74) is 0. The Morgan fingerprint density at radius 3 is 2.50 bits per heavy atom. The van der Waals surface area contributed by atoms with Crippen LogP contribution in [0.4, 0.5) is 0 Å². The van der Waals surface area contributed by atoms with E-state index in [2.05, 4.69) is 22.2 Å². The van der Waals surface area contributed by atoms with Gasteiger partial charge in [-0.25, -0.2) is 0 Å². The van der Waals surface area contributed by atoms with E-state index in [1.165, 1.54) is 45.4 Å². The number of nitrogens with one attached hydrogen (secondary N) is 1. The monoisotopic (exact) mass is 199 g/mol. The van der Waals surface area contributed by atoms with Gasteiger partial charge in [0.15, 0.2) is 0 Å². The van der Waals surface area contributed by atoms with Gasteiger partial charge in [-0.1, -0.05) is 6.42 Å². The predicted molar refractivity (Wildman–Crippen MR) is 61.7 cm³/mol. The Morgan fingerprint density at radius 1 is 1.14 bits per heavy atom. The Bertz CT molecular complexity index is 132. The molecule has 1 rings (SSSR count). The van der Waals surface area contributed by atoms with Crippen molar-refractivity contribution in [1.29, 1.82) is 0 Å². The maximum Gasteiger partial charge on any atom is 0.0109 e. The van der Waals surface area contributed by atoms with Gasteiger partial charge < -0.3 is 15.1 Å². The Balaban J connectivity index is 2.00. The zero-order chi connectivity index (χ0) is 10.2. The van der Waals surface area contributed by atoms with Crippen LogP contribution in [0, 0.1) is 0 Å². The van der Waals surface area contributed by atoms with Crippen molar-refractivity contribution < 1.29 is 0 Å². The third-order valence-corrected chi connectivity index (χ3v) is 2.99. The number of likely N-dealkylation sites (tertiary alicyclic amines) is 1. The molecule has 1 aliphatic rings. The highest BCUT2D eigenvalue weighted by Crippen LogP contribution is 2.07. The van der Waals surface area contributed by atoms with Crippen molar-refractivity contribution in [2.45, 2.75) is 19.3 Å². The molecule has 0 saturated carbocycles. The minimum absolute atomic E-state index is 1.09. The average molecular weight is 199 g/mol. The van der Waals surface area contributed by atoms with E-state index in [0.717, 1.165) is 13.1 Å². The van der Waals surface area contributed by atoms with Gasteiger partial charge in [0.25, 0.3) is 0 Å². The predicted octanol–water partition coefficient (Wildman–Crippen LogP) is 0.624. The second-order valence-corrected chi connectivity index (χ2v) is 4.31. The molecular formula is C11H25N3. The molecule has 0 atom stereocenters. The van der Waals surface area contributed by atoms with Crippen LogP contribution in [-0.4, -0.2) is 63.2 Å². The van der Waals surface area contributed by atoms with Crippen molar-refractivity contribution in [2.24, 2.45) is 0 Å². The Labute approximate surface area is 88.5 Å². The fraction of sp³-hybridized carbons (Fsp3) is 1.00. The molecule has 3 nitrogen and oxygen atoms in total. The van der Waals surface area contributed by atoms with E-state index < -0.39 is 0 Å². The molecule has 1 saturated heterocycles. The third-order valence-electron chi connectivity index (χ3n) is 2.99. The van der Waals surface area contributed by atoms with Gasteiger partial charge in [0.05, 0.1) is 0 Å². The van der Waals surface area contributed by atoms with Crippen LogP contribution in [0.1, 0.15) is 19.3 Å². The maximum absolute atomic E-state index is 3.18. The number of likely N-dealkylation sites (N-methyl/N-ethyl adjacent to an activating group) is 2. The minimum Gasteiger partial charge on any atom is -0.318 e. The molecular weight excluding hydrogens is 174 g/mol. The Morgan fingerprint density at radius 2 is 1.86 bits per heavy atom. The van der Waals surface area contributed by atoms with Crippen molar-refractivity contribution in [3.63, 3.8) is 0 Å². The summed E-state index contributed by atoms with van der Waals surface area (Å²) in [7, 11) is 4.22. The normalized spacial score (nSPS) is 19.1. The topological polar surface area (TPSA) is 18.5 Å². The lowest BCUT2D eigenvalue weighted by Gasteiger charge is -2.28. The quantitative estimate of drug-likeness (QED) is 0.677. The van der Waals surface area contributed by atoms with E-state index in [4.69, 9.17) is 0 Å². The minimum atomic E-state index is 1.09. The maximum atomic E-state index is 3.18. The number of hydrogen-bond acceptors (Lipinski definition) is 3. The molecule has 1 aliphatic heterocycles. The van der Waals surface area contributed by atoms with Gasteiger partial charge in [0.2, 0.25) is 0 Å². The summed E-state index contributed by atoms with van der Waals surface area (Å²) in [4.78, 5) is 5.00. The average Bonchev–Trinajstić information content (AvgIpc) is 2.25. The molecule has 1 fully saturated rings. The van der Waals surface area contributed by atoms with Crippen LogP contribution in [0.2, 0.25) is 0 Å². The smallest absolute Gasteiger partial charge is 0.0109 e.